The Morgan fingerprint density at radius 2 is 2.03 bits per heavy atom. The molecule has 158 valence electrons. The summed E-state index contributed by atoms with van der Waals surface area (Å²) in [6.07, 6.45) is 5.82. The van der Waals surface area contributed by atoms with E-state index in [0.29, 0.717) is 35.3 Å². The van der Waals surface area contributed by atoms with Crippen molar-refractivity contribution in [2.24, 2.45) is 0 Å². The van der Waals surface area contributed by atoms with Crippen LogP contribution in [0.1, 0.15) is 46.0 Å². The summed E-state index contributed by atoms with van der Waals surface area (Å²) < 4.78 is 6.82. The second kappa shape index (κ2) is 10.3. The summed E-state index contributed by atoms with van der Waals surface area (Å²) in [5.74, 6) is 0.130. The van der Waals surface area contributed by atoms with Crippen molar-refractivity contribution in [3.8, 4) is 0 Å². The highest BCUT2D eigenvalue weighted by Crippen LogP contribution is 2.28. The van der Waals surface area contributed by atoms with Gasteiger partial charge in [-0.25, -0.2) is 4.98 Å². The number of benzene rings is 1. The van der Waals surface area contributed by atoms with Gasteiger partial charge in [-0.05, 0) is 38.8 Å². The van der Waals surface area contributed by atoms with Crippen LogP contribution in [0.5, 0.6) is 0 Å². The van der Waals surface area contributed by atoms with Gasteiger partial charge in [-0.15, -0.1) is 0 Å². The quantitative estimate of drug-likeness (QED) is 0.484. The van der Waals surface area contributed by atoms with Crippen LogP contribution in [0.4, 0.5) is 0 Å². The number of nitrogens with zero attached hydrogens (tertiary/aromatic N) is 3. The predicted octanol–water partition coefficient (Wildman–Crippen LogP) is 3.70. The standard InChI is InChI=1S/C22H31N3O3S/c1-4-24(17-10-6-5-7-11-17)20(26)16(2)29-22-23-19-13-9-8-12-18(19)21(27)25(22)14-15-28-3/h8-9,12-13,16-17H,4-7,10-11,14-15H2,1-3H3/t16-/m1/s1. The summed E-state index contributed by atoms with van der Waals surface area (Å²) in [6, 6.07) is 7.69. The van der Waals surface area contributed by atoms with Crippen molar-refractivity contribution in [1.29, 1.82) is 0 Å². The molecular formula is C22H31N3O3S. The number of aromatic nitrogens is 2. The minimum atomic E-state index is -0.307. The van der Waals surface area contributed by atoms with E-state index in [1.54, 1.807) is 17.7 Å². The number of carbonyl (C=O) groups is 1. The average Bonchev–Trinajstić information content (AvgIpc) is 2.75. The van der Waals surface area contributed by atoms with Gasteiger partial charge in [0.1, 0.15) is 0 Å². The zero-order valence-corrected chi connectivity index (χ0v) is 18.4. The number of ether oxygens (including phenoxy) is 1. The third-order valence-electron chi connectivity index (χ3n) is 5.61. The minimum absolute atomic E-state index is 0.0885. The number of fused-ring (bicyclic) bond motifs is 1. The molecule has 1 atom stereocenters. The van der Waals surface area contributed by atoms with Crippen LogP contribution in [-0.2, 0) is 16.1 Å². The summed E-state index contributed by atoms with van der Waals surface area (Å²) >= 11 is 1.37. The van der Waals surface area contributed by atoms with Gasteiger partial charge in [-0.3, -0.25) is 14.2 Å². The van der Waals surface area contributed by atoms with Crippen molar-refractivity contribution in [2.75, 3.05) is 20.3 Å². The molecule has 6 nitrogen and oxygen atoms in total. The molecule has 0 bridgehead atoms. The highest BCUT2D eigenvalue weighted by molar-refractivity contribution is 8.00. The predicted molar refractivity (Wildman–Crippen MR) is 117 cm³/mol. The Balaban J connectivity index is 1.87. The summed E-state index contributed by atoms with van der Waals surface area (Å²) in [5.41, 5.74) is 0.572. The molecule has 1 aromatic carbocycles. The Hall–Kier alpha value is -1.86. The lowest BCUT2D eigenvalue weighted by Crippen LogP contribution is -2.44. The molecule has 7 heteroatoms. The largest absolute Gasteiger partial charge is 0.383 e. The van der Waals surface area contributed by atoms with E-state index in [-0.39, 0.29) is 16.7 Å². The topological polar surface area (TPSA) is 64.4 Å². The zero-order chi connectivity index (χ0) is 20.8. The first-order chi connectivity index (χ1) is 14.1. The summed E-state index contributed by atoms with van der Waals surface area (Å²) in [4.78, 5) is 33.0. The van der Waals surface area contributed by atoms with Crippen LogP contribution in [0.15, 0.2) is 34.2 Å². The molecule has 1 aliphatic carbocycles. The molecular weight excluding hydrogens is 386 g/mol. The number of methoxy groups -OCH3 is 1. The smallest absolute Gasteiger partial charge is 0.262 e. The van der Waals surface area contributed by atoms with Crippen molar-refractivity contribution in [1.82, 2.24) is 14.5 Å². The molecule has 1 saturated carbocycles. The maximum atomic E-state index is 13.2. The Bertz CT molecular complexity index is 892. The number of hydrogen-bond donors (Lipinski definition) is 0. The number of amides is 1. The lowest BCUT2D eigenvalue weighted by atomic mass is 9.94. The zero-order valence-electron chi connectivity index (χ0n) is 17.6. The van der Waals surface area contributed by atoms with E-state index in [4.69, 9.17) is 9.72 Å². The minimum Gasteiger partial charge on any atom is -0.383 e. The van der Waals surface area contributed by atoms with Gasteiger partial charge in [-0.1, -0.05) is 43.2 Å². The van der Waals surface area contributed by atoms with Crippen molar-refractivity contribution in [2.45, 2.75) is 68.9 Å². The van der Waals surface area contributed by atoms with Crippen molar-refractivity contribution < 1.29 is 9.53 Å². The average molecular weight is 418 g/mol. The normalized spacial score (nSPS) is 16.1. The monoisotopic (exact) mass is 417 g/mol. The van der Waals surface area contributed by atoms with E-state index in [9.17, 15) is 9.59 Å². The van der Waals surface area contributed by atoms with Crippen LogP contribution in [0.25, 0.3) is 10.9 Å². The van der Waals surface area contributed by atoms with Crippen molar-refractivity contribution >= 4 is 28.6 Å². The molecule has 1 aliphatic rings. The van der Waals surface area contributed by atoms with E-state index in [1.165, 1.54) is 31.0 Å². The van der Waals surface area contributed by atoms with Gasteiger partial charge in [0.25, 0.3) is 5.56 Å². The van der Waals surface area contributed by atoms with Gasteiger partial charge < -0.3 is 9.64 Å². The SMILES string of the molecule is CCN(C(=O)[C@@H](C)Sc1nc2ccccc2c(=O)n1CCOC)C1CCCCC1. The summed E-state index contributed by atoms with van der Waals surface area (Å²) in [5, 5.41) is 0.856. The first-order valence-electron chi connectivity index (χ1n) is 10.5. The van der Waals surface area contributed by atoms with E-state index < -0.39 is 0 Å². The summed E-state index contributed by atoms with van der Waals surface area (Å²) in [7, 11) is 1.61. The third-order valence-corrected chi connectivity index (χ3v) is 6.69. The second-order valence-electron chi connectivity index (χ2n) is 7.54. The molecule has 0 radical (unpaired) electrons. The molecule has 1 heterocycles. The fourth-order valence-electron chi connectivity index (χ4n) is 4.05. The Labute approximate surface area is 176 Å². The molecule has 1 fully saturated rings. The first kappa shape index (κ1) is 21.8. The maximum Gasteiger partial charge on any atom is 0.262 e. The van der Waals surface area contributed by atoms with Gasteiger partial charge in [0.15, 0.2) is 5.16 Å². The Morgan fingerprint density at radius 1 is 1.31 bits per heavy atom. The summed E-state index contributed by atoms with van der Waals surface area (Å²) in [6.45, 7) is 5.51. The van der Waals surface area contributed by atoms with E-state index >= 15 is 0 Å². The number of thioether (sulfide) groups is 1. The second-order valence-corrected chi connectivity index (χ2v) is 8.85. The molecule has 0 spiro atoms. The Morgan fingerprint density at radius 3 is 2.72 bits per heavy atom. The van der Waals surface area contributed by atoms with Gasteiger partial charge in [0, 0.05) is 19.7 Å². The molecule has 0 aliphatic heterocycles. The lowest BCUT2D eigenvalue weighted by Gasteiger charge is -2.35. The highest BCUT2D eigenvalue weighted by atomic mass is 32.2. The molecule has 0 unspecified atom stereocenters. The van der Waals surface area contributed by atoms with Gasteiger partial charge >= 0.3 is 0 Å². The molecule has 1 amide bonds. The van der Waals surface area contributed by atoms with Crippen molar-refractivity contribution in [3.63, 3.8) is 0 Å². The fourth-order valence-corrected chi connectivity index (χ4v) is 5.05. The van der Waals surface area contributed by atoms with E-state index in [2.05, 4.69) is 0 Å². The van der Waals surface area contributed by atoms with Crippen LogP contribution in [-0.4, -0.2) is 51.9 Å². The number of para-hydroxylation sites is 1. The number of hydrogen-bond acceptors (Lipinski definition) is 5. The van der Waals surface area contributed by atoms with Crippen LogP contribution < -0.4 is 5.56 Å². The molecule has 2 aromatic rings. The first-order valence-corrected chi connectivity index (χ1v) is 11.4. The fraction of sp³-hybridized carbons (Fsp3) is 0.591. The molecule has 3 rings (SSSR count). The number of carbonyl (C=O) groups excluding carboxylic acids is 1. The van der Waals surface area contributed by atoms with Gasteiger partial charge in [-0.2, -0.15) is 0 Å². The van der Waals surface area contributed by atoms with E-state index in [0.717, 1.165) is 19.4 Å². The Kier molecular flexibility index (Phi) is 7.72. The van der Waals surface area contributed by atoms with Crippen LogP contribution in [0.3, 0.4) is 0 Å². The molecule has 0 saturated heterocycles. The van der Waals surface area contributed by atoms with Crippen LogP contribution in [0.2, 0.25) is 0 Å². The van der Waals surface area contributed by atoms with Gasteiger partial charge in [0.05, 0.1) is 29.3 Å². The molecule has 1 aromatic heterocycles. The van der Waals surface area contributed by atoms with Crippen molar-refractivity contribution in [3.05, 3.63) is 34.6 Å². The maximum absolute atomic E-state index is 13.2. The van der Waals surface area contributed by atoms with Crippen LogP contribution >= 0.6 is 11.8 Å². The number of rotatable bonds is 8. The third kappa shape index (κ3) is 5.01. The molecule has 29 heavy (non-hydrogen) atoms. The van der Waals surface area contributed by atoms with Gasteiger partial charge in [0.2, 0.25) is 5.91 Å². The van der Waals surface area contributed by atoms with Crippen LogP contribution in [0, 0.1) is 0 Å². The lowest BCUT2D eigenvalue weighted by molar-refractivity contribution is -0.133. The molecule has 0 N–H and O–H groups in total. The van der Waals surface area contributed by atoms with E-state index in [1.807, 2.05) is 36.9 Å². The highest BCUT2D eigenvalue weighted by Gasteiger charge is 2.29.